The highest BCUT2D eigenvalue weighted by molar-refractivity contribution is 9.09. The van der Waals surface area contributed by atoms with Crippen molar-refractivity contribution in [1.82, 2.24) is 0 Å². The molecule has 2 nitrogen and oxygen atoms in total. The van der Waals surface area contributed by atoms with Gasteiger partial charge in [-0.1, -0.05) is 22.0 Å². The lowest BCUT2D eigenvalue weighted by molar-refractivity contribution is -0.275. The fourth-order valence-corrected chi connectivity index (χ4v) is 2.22. The molecule has 0 radical (unpaired) electrons. The van der Waals surface area contributed by atoms with E-state index in [4.69, 9.17) is 0 Å². The summed E-state index contributed by atoms with van der Waals surface area (Å²) < 4.78 is 77.1. The fraction of sp³-hybridized carbons (Fsp3) is 0.364. The van der Waals surface area contributed by atoms with E-state index in [1.165, 1.54) is 0 Å². The molecule has 118 valence electrons. The molecular weight excluding hydrogens is 390 g/mol. The topological polar surface area (TPSA) is 26.3 Å². The Hall–Kier alpha value is -0.900. The van der Waals surface area contributed by atoms with Crippen LogP contribution in [0, 0.1) is 0 Å². The van der Waals surface area contributed by atoms with E-state index in [0.29, 0.717) is 0 Å². The summed E-state index contributed by atoms with van der Waals surface area (Å²) >= 11 is 2.15. The zero-order chi connectivity index (χ0) is 16.3. The third kappa shape index (κ3) is 7.07. The molecule has 1 rings (SSSR count). The van der Waals surface area contributed by atoms with E-state index in [1.54, 1.807) is 0 Å². The smallest absolute Gasteiger partial charge is 0.405 e. The van der Waals surface area contributed by atoms with Gasteiger partial charge in [0.25, 0.3) is 0 Å². The maximum atomic E-state index is 12.4. The molecule has 1 aromatic carbocycles. The van der Waals surface area contributed by atoms with Crippen LogP contribution >= 0.6 is 27.7 Å². The largest absolute Gasteiger partial charge is 0.573 e. The number of carbonyl (C=O) groups excluding carboxylic acids is 1. The van der Waals surface area contributed by atoms with Gasteiger partial charge in [-0.3, -0.25) is 4.79 Å². The monoisotopic (exact) mass is 396 g/mol. The van der Waals surface area contributed by atoms with Gasteiger partial charge in [-0.2, -0.15) is 13.2 Å². The minimum absolute atomic E-state index is 0.00442. The van der Waals surface area contributed by atoms with Crippen LogP contribution in [0.15, 0.2) is 23.1 Å². The number of thioether (sulfide) groups is 1. The van der Waals surface area contributed by atoms with E-state index in [9.17, 15) is 31.1 Å². The van der Waals surface area contributed by atoms with Crippen molar-refractivity contribution >= 4 is 33.5 Å². The van der Waals surface area contributed by atoms with Gasteiger partial charge in [0.2, 0.25) is 0 Å². The zero-order valence-electron chi connectivity index (χ0n) is 10.0. The summed E-state index contributed by atoms with van der Waals surface area (Å²) in [5.41, 5.74) is -4.61. The van der Waals surface area contributed by atoms with Crippen LogP contribution in [0.3, 0.4) is 0 Å². The van der Waals surface area contributed by atoms with Crippen molar-refractivity contribution in [2.45, 2.75) is 23.2 Å². The Morgan fingerprint density at radius 3 is 2.29 bits per heavy atom. The fourth-order valence-electron chi connectivity index (χ4n) is 1.35. The number of alkyl halides is 7. The third-order valence-corrected chi connectivity index (χ3v) is 3.41. The minimum Gasteiger partial charge on any atom is -0.405 e. The maximum Gasteiger partial charge on any atom is 0.573 e. The highest BCUT2D eigenvalue weighted by Gasteiger charge is 2.35. The summed E-state index contributed by atoms with van der Waals surface area (Å²) in [6.07, 6.45) is -5.29. The Morgan fingerprint density at radius 1 is 1.19 bits per heavy atom. The van der Waals surface area contributed by atoms with Crippen molar-refractivity contribution < 1.29 is 35.9 Å². The van der Waals surface area contributed by atoms with E-state index in [2.05, 4.69) is 20.7 Å². The number of hydrogen-bond acceptors (Lipinski definition) is 3. The van der Waals surface area contributed by atoms with Crippen LogP contribution in [0.5, 0.6) is 5.75 Å². The Morgan fingerprint density at radius 2 is 1.81 bits per heavy atom. The molecule has 0 aliphatic rings. The second kappa shape index (κ2) is 6.91. The van der Waals surface area contributed by atoms with Crippen LogP contribution < -0.4 is 4.74 Å². The lowest BCUT2D eigenvalue weighted by Gasteiger charge is -2.15. The van der Waals surface area contributed by atoms with Crippen molar-refractivity contribution in [2.24, 2.45) is 0 Å². The molecule has 0 N–H and O–H groups in total. The molecule has 0 unspecified atom stereocenters. The molecule has 0 aliphatic heterocycles. The summed E-state index contributed by atoms with van der Waals surface area (Å²) in [5.74, 6) is -1.28. The molecule has 0 amide bonds. The van der Waals surface area contributed by atoms with E-state index in [0.717, 1.165) is 18.2 Å². The van der Waals surface area contributed by atoms with Crippen molar-refractivity contribution in [3.8, 4) is 5.75 Å². The molecule has 0 atom stereocenters. The van der Waals surface area contributed by atoms with E-state index in [1.807, 2.05) is 0 Å². The van der Waals surface area contributed by atoms with Crippen LogP contribution in [0.25, 0.3) is 0 Å². The van der Waals surface area contributed by atoms with Gasteiger partial charge in [-0.15, -0.1) is 13.2 Å². The lowest BCUT2D eigenvalue weighted by atomic mass is 10.1. The second-order valence-corrected chi connectivity index (χ2v) is 5.39. The van der Waals surface area contributed by atoms with Crippen molar-refractivity contribution in [1.29, 1.82) is 0 Å². The molecule has 0 spiro atoms. The number of rotatable bonds is 5. The van der Waals surface area contributed by atoms with Crippen LogP contribution in [0.4, 0.5) is 26.3 Å². The number of hydrogen-bond donors (Lipinski definition) is 0. The molecule has 0 bridgehead atoms. The minimum atomic E-state index is -5.10. The molecule has 1 aromatic rings. The number of ketones is 1. The molecule has 0 saturated heterocycles. The van der Waals surface area contributed by atoms with Crippen LogP contribution in [-0.4, -0.2) is 23.0 Å². The molecule has 0 aliphatic carbocycles. The molecule has 0 heterocycles. The first-order valence-electron chi connectivity index (χ1n) is 5.22. The average Bonchev–Trinajstić information content (AvgIpc) is 2.28. The van der Waals surface area contributed by atoms with E-state index >= 15 is 0 Å². The summed E-state index contributed by atoms with van der Waals surface area (Å²) in [5, 5.41) is -0.00442. The number of benzene rings is 1. The summed E-state index contributed by atoms with van der Waals surface area (Å²) in [6, 6.07) is 2.74. The Bertz CT molecular complexity index is 514. The molecule has 0 aromatic heterocycles. The first-order chi connectivity index (χ1) is 9.50. The SMILES string of the molecule is O=C(CBr)Cc1ccc(OC(F)(F)F)c(SC(F)(F)F)c1. The quantitative estimate of drug-likeness (QED) is 0.409. The third-order valence-electron chi connectivity index (χ3n) is 2.01. The van der Waals surface area contributed by atoms with Crippen LogP contribution in [-0.2, 0) is 11.2 Å². The van der Waals surface area contributed by atoms with Gasteiger partial charge in [-0.05, 0) is 29.5 Å². The van der Waals surface area contributed by atoms with Gasteiger partial charge in [0.1, 0.15) is 11.5 Å². The van der Waals surface area contributed by atoms with Gasteiger partial charge in [0.05, 0.1) is 10.2 Å². The number of carbonyl (C=O) groups is 1. The Labute approximate surface area is 128 Å². The Balaban J connectivity index is 3.10. The van der Waals surface area contributed by atoms with Gasteiger partial charge >= 0.3 is 11.9 Å². The van der Waals surface area contributed by atoms with Crippen LogP contribution in [0.1, 0.15) is 5.56 Å². The maximum absolute atomic E-state index is 12.4. The summed E-state index contributed by atoms with van der Waals surface area (Å²) in [7, 11) is 0. The van der Waals surface area contributed by atoms with Gasteiger partial charge < -0.3 is 4.74 Å². The Kier molecular flexibility index (Phi) is 5.97. The van der Waals surface area contributed by atoms with Gasteiger partial charge in [0, 0.05) is 6.42 Å². The highest BCUT2D eigenvalue weighted by Crippen LogP contribution is 2.43. The van der Waals surface area contributed by atoms with E-state index in [-0.39, 0.29) is 23.1 Å². The predicted molar refractivity (Wildman–Crippen MR) is 67.5 cm³/mol. The van der Waals surface area contributed by atoms with Crippen molar-refractivity contribution in [3.63, 3.8) is 0 Å². The second-order valence-electron chi connectivity index (χ2n) is 3.73. The van der Waals surface area contributed by atoms with Crippen molar-refractivity contribution in [3.05, 3.63) is 23.8 Å². The number of halogens is 7. The molecular formula is C11H7BrF6O2S. The molecule has 10 heteroatoms. The van der Waals surface area contributed by atoms with E-state index < -0.39 is 34.3 Å². The summed E-state index contributed by atoms with van der Waals surface area (Å²) in [6.45, 7) is 0. The van der Waals surface area contributed by atoms with Gasteiger partial charge in [0.15, 0.2) is 0 Å². The van der Waals surface area contributed by atoms with Crippen molar-refractivity contribution in [2.75, 3.05) is 5.33 Å². The molecule has 21 heavy (non-hydrogen) atoms. The lowest BCUT2D eigenvalue weighted by Crippen LogP contribution is -2.18. The number of Topliss-reactive ketones (excluding diaryl/α,β-unsaturated/α-hetero) is 1. The zero-order valence-corrected chi connectivity index (χ0v) is 12.4. The predicted octanol–water partition coefficient (Wildman–Crippen LogP) is 4.70. The normalized spacial score (nSPS) is 12.3. The highest BCUT2D eigenvalue weighted by atomic mass is 79.9. The first kappa shape index (κ1) is 18.1. The average molecular weight is 397 g/mol. The molecule has 0 fully saturated rings. The summed E-state index contributed by atoms with van der Waals surface area (Å²) in [4.78, 5) is 10.5. The standard InChI is InChI=1S/C11H7BrF6O2S/c12-5-7(19)3-6-1-2-8(20-10(13,14)15)9(4-6)21-11(16,17)18/h1-2,4H,3,5H2. The first-order valence-corrected chi connectivity index (χ1v) is 7.16. The van der Waals surface area contributed by atoms with Crippen LogP contribution in [0.2, 0.25) is 0 Å². The molecule has 0 saturated carbocycles. The number of ether oxygens (including phenoxy) is 1. The van der Waals surface area contributed by atoms with Gasteiger partial charge in [-0.25, -0.2) is 0 Å².